The van der Waals surface area contributed by atoms with Gasteiger partial charge in [-0.15, -0.1) is 0 Å². The Labute approximate surface area is 94.7 Å². The molecule has 0 amide bonds. The summed E-state index contributed by atoms with van der Waals surface area (Å²) >= 11 is 0. The third-order valence-electron chi connectivity index (χ3n) is 2.23. The number of fused-ring (bicyclic) bond motifs is 1. The van der Waals surface area contributed by atoms with E-state index in [0.29, 0.717) is 17.4 Å². The van der Waals surface area contributed by atoms with Crippen molar-refractivity contribution >= 4 is 6.08 Å². The van der Waals surface area contributed by atoms with E-state index >= 15 is 0 Å². The molecule has 1 unspecified atom stereocenters. The molecule has 0 fully saturated rings. The summed E-state index contributed by atoms with van der Waals surface area (Å²) < 4.78 is 23.4. The smallest absolute Gasteiger partial charge is 0.404 e. The SMILES string of the molecule is CC(C)/C=C/c1ccc2c(c1)OC(C)(F)O2. The molecule has 1 aromatic carbocycles. The summed E-state index contributed by atoms with van der Waals surface area (Å²) in [6.45, 7) is 5.45. The molecule has 0 aliphatic carbocycles. The molecule has 3 heteroatoms. The summed E-state index contributed by atoms with van der Waals surface area (Å²) in [5, 5.41) is 0. The number of rotatable bonds is 2. The number of ether oxygens (including phenoxy) is 2. The highest BCUT2D eigenvalue weighted by molar-refractivity contribution is 5.56. The van der Waals surface area contributed by atoms with Crippen molar-refractivity contribution in [3.63, 3.8) is 0 Å². The average Bonchev–Trinajstić information content (AvgIpc) is 2.47. The molecule has 1 heterocycles. The van der Waals surface area contributed by atoms with Crippen LogP contribution in [0.2, 0.25) is 0 Å². The van der Waals surface area contributed by atoms with Crippen molar-refractivity contribution in [3.05, 3.63) is 29.8 Å². The zero-order chi connectivity index (χ0) is 11.8. The van der Waals surface area contributed by atoms with E-state index in [9.17, 15) is 4.39 Å². The third kappa shape index (κ3) is 2.35. The largest absolute Gasteiger partial charge is 0.423 e. The molecule has 0 saturated carbocycles. The normalized spacial score (nSPS) is 23.3. The topological polar surface area (TPSA) is 18.5 Å². The van der Waals surface area contributed by atoms with Crippen LogP contribution < -0.4 is 9.47 Å². The average molecular weight is 222 g/mol. The fourth-order valence-electron chi connectivity index (χ4n) is 1.51. The second kappa shape index (κ2) is 3.81. The zero-order valence-electron chi connectivity index (χ0n) is 9.66. The minimum absolute atomic E-state index is 0.451. The van der Waals surface area contributed by atoms with E-state index in [4.69, 9.17) is 9.47 Å². The summed E-state index contributed by atoms with van der Waals surface area (Å²) in [7, 11) is 0. The Morgan fingerprint density at radius 3 is 2.62 bits per heavy atom. The standard InChI is InChI=1S/C13H15FO2/c1-9(2)4-5-10-6-7-11-12(8-10)16-13(3,14)15-11/h4-9H,1-3H3/b5-4+. The minimum atomic E-state index is -2.04. The van der Waals surface area contributed by atoms with E-state index in [1.165, 1.54) is 6.92 Å². The van der Waals surface area contributed by atoms with Gasteiger partial charge in [-0.25, -0.2) is 0 Å². The van der Waals surface area contributed by atoms with Crippen LogP contribution in [0.15, 0.2) is 24.3 Å². The van der Waals surface area contributed by atoms with Gasteiger partial charge in [0.25, 0.3) is 0 Å². The second-order valence-electron chi connectivity index (χ2n) is 4.35. The maximum absolute atomic E-state index is 13.4. The molecule has 0 aromatic heterocycles. The zero-order valence-corrected chi connectivity index (χ0v) is 9.66. The first-order valence-corrected chi connectivity index (χ1v) is 5.35. The molecule has 0 N–H and O–H groups in total. The number of halogens is 1. The molecule has 0 spiro atoms. The number of hydrogen-bond donors (Lipinski definition) is 0. The summed E-state index contributed by atoms with van der Waals surface area (Å²) in [6.07, 6.45) is 4.06. The van der Waals surface area contributed by atoms with E-state index < -0.39 is 6.04 Å². The van der Waals surface area contributed by atoms with Gasteiger partial charge in [-0.1, -0.05) is 32.1 Å². The van der Waals surface area contributed by atoms with E-state index in [-0.39, 0.29) is 0 Å². The van der Waals surface area contributed by atoms with Crippen molar-refractivity contribution in [2.45, 2.75) is 26.8 Å². The van der Waals surface area contributed by atoms with Gasteiger partial charge >= 0.3 is 6.04 Å². The predicted molar refractivity (Wildman–Crippen MR) is 61.1 cm³/mol. The van der Waals surface area contributed by atoms with Gasteiger partial charge in [-0.2, -0.15) is 4.39 Å². The molecular weight excluding hydrogens is 207 g/mol. The molecule has 0 saturated heterocycles. The van der Waals surface area contributed by atoms with Crippen LogP contribution in [0.25, 0.3) is 6.08 Å². The Kier molecular flexibility index (Phi) is 2.62. The Morgan fingerprint density at radius 1 is 1.25 bits per heavy atom. The van der Waals surface area contributed by atoms with Crippen LogP contribution >= 0.6 is 0 Å². The number of allylic oxidation sites excluding steroid dienone is 1. The lowest BCUT2D eigenvalue weighted by atomic mass is 10.1. The van der Waals surface area contributed by atoms with E-state index in [1.807, 2.05) is 12.1 Å². The Bertz CT molecular complexity index is 422. The second-order valence-corrected chi connectivity index (χ2v) is 4.35. The molecule has 1 aliphatic rings. The first kappa shape index (κ1) is 11.0. The molecule has 16 heavy (non-hydrogen) atoms. The highest BCUT2D eigenvalue weighted by atomic mass is 19.2. The Morgan fingerprint density at radius 2 is 1.94 bits per heavy atom. The van der Waals surface area contributed by atoms with Crippen LogP contribution in [-0.2, 0) is 0 Å². The van der Waals surface area contributed by atoms with Gasteiger partial charge in [-0.3, -0.25) is 0 Å². The minimum Gasteiger partial charge on any atom is -0.423 e. The summed E-state index contributed by atoms with van der Waals surface area (Å²) in [5.74, 6) is 1.39. The van der Waals surface area contributed by atoms with E-state index in [0.717, 1.165) is 5.56 Å². The first-order chi connectivity index (χ1) is 7.46. The molecule has 1 atom stereocenters. The summed E-state index contributed by atoms with van der Waals surface area (Å²) in [5.41, 5.74) is 0.980. The van der Waals surface area contributed by atoms with E-state index in [2.05, 4.69) is 19.9 Å². The highest BCUT2D eigenvalue weighted by Crippen LogP contribution is 2.40. The summed E-state index contributed by atoms with van der Waals surface area (Å²) in [4.78, 5) is 0. The van der Waals surface area contributed by atoms with Gasteiger partial charge in [0.15, 0.2) is 11.5 Å². The first-order valence-electron chi connectivity index (χ1n) is 5.35. The molecule has 86 valence electrons. The van der Waals surface area contributed by atoms with Gasteiger partial charge in [0, 0.05) is 6.92 Å². The molecule has 2 rings (SSSR count). The van der Waals surface area contributed by atoms with Gasteiger partial charge in [0.2, 0.25) is 0 Å². The monoisotopic (exact) mass is 222 g/mol. The molecule has 1 aromatic rings. The van der Waals surface area contributed by atoms with Crippen molar-refractivity contribution in [1.29, 1.82) is 0 Å². The third-order valence-corrected chi connectivity index (χ3v) is 2.23. The van der Waals surface area contributed by atoms with Crippen molar-refractivity contribution < 1.29 is 13.9 Å². The lowest BCUT2D eigenvalue weighted by Gasteiger charge is -2.10. The number of benzene rings is 1. The van der Waals surface area contributed by atoms with Crippen LogP contribution in [0.1, 0.15) is 26.3 Å². The molecule has 1 aliphatic heterocycles. The molecule has 0 bridgehead atoms. The molecule has 2 nitrogen and oxygen atoms in total. The number of alkyl halides is 1. The number of hydrogen-bond acceptors (Lipinski definition) is 2. The fourth-order valence-corrected chi connectivity index (χ4v) is 1.51. The van der Waals surface area contributed by atoms with Crippen molar-refractivity contribution in [1.82, 2.24) is 0 Å². The Hall–Kier alpha value is -1.51. The molecular formula is C13H15FO2. The van der Waals surface area contributed by atoms with Crippen LogP contribution in [0, 0.1) is 5.92 Å². The van der Waals surface area contributed by atoms with Gasteiger partial charge in [0.05, 0.1) is 0 Å². The fraction of sp³-hybridized carbons (Fsp3) is 0.385. The van der Waals surface area contributed by atoms with Crippen molar-refractivity contribution in [2.24, 2.45) is 5.92 Å². The van der Waals surface area contributed by atoms with Crippen LogP contribution in [0.3, 0.4) is 0 Å². The Balaban J connectivity index is 2.23. The van der Waals surface area contributed by atoms with E-state index in [1.54, 1.807) is 12.1 Å². The maximum Gasteiger partial charge on any atom is 0.404 e. The van der Waals surface area contributed by atoms with Crippen molar-refractivity contribution in [2.75, 3.05) is 0 Å². The molecule has 0 radical (unpaired) electrons. The van der Waals surface area contributed by atoms with Crippen molar-refractivity contribution in [3.8, 4) is 11.5 Å². The lowest BCUT2D eigenvalue weighted by molar-refractivity contribution is -0.173. The van der Waals surface area contributed by atoms with Crippen LogP contribution in [-0.4, -0.2) is 6.04 Å². The lowest BCUT2D eigenvalue weighted by Crippen LogP contribution is -2.27. The van der Waals surface area contributed by atoms with Crippen LogP contribution in [0.5, 0.6) is 11.5 Å². The predicted octanol–water partition coefficient (Wildman–Crippen LogP) is 3.77. The quantitative estimate of drug-likeness (QED) is 0.758. The van der Waals surface area contributed by atoms with Gasteiger partial charge < -0.3 is 9.47 Å². The van der Waals surface area contributed by atoms with Gasteiger partial charge in [0.1, 0.15) is 0 Å². The van der Waals surface area contributed by atoms with Gasteiger partial charge in [-0.05, 0) is 23.6 Å². The maximum atomic E-state index is 13.4. The van der Waals surface area contributed by atoms with Crippen LogP contribution in [0.4, 0.5) is 4.39 Å². The highest BCUT2D eigenvalue weighted by Gasteiger charge is 2.36. The summed E-state index contributed by atoms with van der Waals surface area (Å²) in [6, 6.07) is 3.34.